The van der Waals surface area contributed by atoms with E-state index in [0.717, 1.165) is 0 Å². The quantitative estimate of drug-likeness (QED) is 0.632. The third-order valence-electron chi connectivity index (χ3n) is 6.90. The third-order valence-corrected chi connectivity index (χ3v) is 6.90. The maximum Gasteiger partial charge on any atom is 0.231 e. The first kappa shape index (κ1) is 24.4. The second kappa shape index (κ2) is 8.83. The van der Waals surface area contributed by atoms with Gasteiger partial charge < -0.3 is 20.5 Å². The number of rotatable bonds is 7. The van der Waals surface area contributed by atoms with Crippen molar-refractivity contribution in [2.24, 2.45) is 22.6 Å². The number of hydrogen-bond acceptors (Lipinski definition) is 6. The molecule has 2 aliphatic heterocycles. The fraction of sp³-hybridized carbons (Fsp3) is 0.640. The Bertz CT molecular complexity index is 1010. The van der Waals surface area contributed by atoms with Crippen LogP contribution in [0.15, 0.2) is 23.2 Å². The number of para-hydroxylation sites is 1. The van der Waals surface area contributed by atoms with E-state index in [9.17, 15) is 14.0 Å². The van der Waals surface area contributed by atoms with Crippen molar-refractivity contribution < 1.29 is 23.5 Å². The number of methoxy groups -OCH3 is 1. The van der Waals surface area contributed by atoms with Crippen LogP contribution in [0.4, 0.5) is 4.39 Å². The number of aliphatic imine (C=N–C) groups is 1. The molecule has 2 amide bonds. The van der Waals surface area contributed by atoms with Crippen LogP contribution in [0.5, 0.6) is 5.75 Å². The second-order valence-corrected chi connectivity index (χ2v) is 10.9. The van der Waals surface area contributed by atoms with Crippen molar-refractivity contribution in [1.82, 2.24) is 10.2 Å². The molecule has 1 fully saturated rings. The summed E-state index contributed by atoms with van der Waals surface area (Å²) in [6.45, 7) is 7.96. The minimum absolute atomic E-state index is 0.0473. The van der Waals surface area contributed by atoms with Gasteiger partial charge in [0.15, 0.2) is 17.5 Å². The lowest BCUT2D eigenvalue weighted by atomic mass is 9.89. The monoisotopic (exact) mass is 474 g/mol. The fourth-order valence-corrected chi connectivity index (χ4v) is 5.29. The highest BCUT2D eigenvalue weighted by Crippen LogP contribution is 2.47. The summed E-state index contributed by atoms with van der Waals surface area (Å²) in [6, 6.07) is 4.15. The Labute approximate surface area is 200 Å². The highest BCUT2D eigenvalue weighted by Gasteiger charge is 2.52. The summed E-state index contributed by atoms with van der Waals surface area (Å²) < 4.78 is 25.5. The average Bonchev–Trinajstić information content (AvgIpc) is 3.50. The maximum absolute atomic E-state index is 14.4. The van der Waals surface area contributed by atoms with E-state index >= 15 is 0 Å². The molecular weight excluding hydrogens is 439 g/mol. The van der Waals surface area contributed by atoms with E-state index in [0.29, 0.717) is 31.4 Å². The minimum atomic E-state index is -0.616. The van der Waals surface area contributed by atoms with Crippen LogP contribution in [0, 0.1) is 17.7 Å². The molecule has 34 heavy (non-hydrogen) atoms. The van der Waals surface area contributed by atoms with Crippen LogP contribution >= 0.6 is 0 Å². The van der Waals surface area contributed by atoms with Gasteiger partial charge in [0.2, 0.25) is 11.8 Å². The Morgan fingerprint density at radius 1 is 1.38 bits per heavy atom. The molecule has 1 aromatic rings. The number of nitrogens with one attached hydrogen (secondary N) is 1. The predicted molar refractivity (Wildman–Crippen MR) is 126 cm³/mol. The van der Waals surface area contributed by atoms with Crippen LogP contribution in [-0.4, -0.2) is 53.6 Å². The zero-order valence-electron chi connectivity index (χ0n) is 20.6. The number of amides is 2. The van der Waals surface area contributed by atoms with Crippen molar-refractivity contribution >= 4 is 17.8 Å². The maximum atomic E-state index is 14.4. The Kier molecular flexibility index (Phi) is 6.35. The topological polar surface area (TPSA) is 106 Å². The fourth-order valence-electron chi connectivity index (χ4n) is 5.29. The molecule has 4 atom stereocenters. The predicted octanol–water partition coefficient (Wildman–Crippen LogP) is 2.91. The first-order valence-corrected chi connectivity index (χ1v) is 11.9. The summed E-state index contributed by atoms with van der Waals surface area (Å²) in [5, 5.41) is 3.12. The molecule has 0 bridgehead atoms. The lowest BCUT2D eigenvalue weighted by Gasteiger charge is -2.38. The standard InChI is InChI=1S/C25H35FN4O4/c1-24(2)13-20(31)30(23(27)29-24)19(9-10-33-5)15-11-16(15)22(32)28-18-12-25(3,4)34-21-14(18)7-6-8-17(21)26/h6-8,15-16,18-19H,9-13H2,1-5H3,(H2,27,29)(H,28,32)/t15-,16-,18?,19-/m1/s1. The van der Waals surface area contributed by atoms with Crippen LogP contribution in [0.3, 0.4) is 0 Å². The molecule has 1 saturated carbocycles. The van der Waals surface area contributed by atoms with Gasteiger partial charge >= 0.3 is 0 Å². The Morgan fingerprint density at radius 2 is 2.12 bits per heavy atom. The molecule has 4 rings (SSSR count). The van der Waals surface area contributed by atoms with Crippen LogP contribution in [0.25, 0.3) is 0 Å². The van der Waals surface area contributed by atoms with E-state index in [1.165, 1.54) is 6.07 Å². The molecule has 9 heteroatoms. The third kappa shape index (κ3) is 4.89. The highest BCUT2D eigenvalue weighted by atomic mass is 19.1. The van der Waals surface area contributed by atoms with Crippen molar-refractivity contribution in [1.29, 1.82) is 0 Å². The summed E-state index contributed by atoms with van der Waals surface area (Å²) >= 11 is 0. The van der Waals surface area contributed by atoms with Crippen LogP contribution in [-0.2, 0) is 14.3 Å². The molecule has 8 nitrogen and oxygen atoms in total. The first-order valence-electron chi connectivity index (χ1n) is 11.9. The van der Waals surface area contributed by atoms with Crippen molar-refractivity contribution in [3.8, 4) is 5.75 Å². The number of nitrogens with two attached hydrogens (primary N) is 1. The van der Waals surface area contributed by atoms with Crippen molar-refractivity contribution in [2.75, 3.05) is 13.7 Å². The molecule has 0 saturated heterocycles. The van der Waals surface area contributed by atoms with Gasteiger partial charge in [-0.1, -0.05) is 12.1 Å². The van der Waals surface area contributed by atoms with Gasteiger partial charge in [0.1, 0.15) is 5.60 Å². The number of nitrogens with zero attached hydrogens (tertiary/aromatic N) is 2. The molecule has 186 valence electrons. The lowest BCUT2D eigenvalue weighted by molar-refractivity contribution is -0.132. The van der Waals surface area contributed by atoms with E-state index in [-0.39, 0.29) is 53.9 Å². The van der Waals surface area contributed by atoms with Gasteiger partial charge in [0, 0.05) is 37.7 Å². The van der Waals surface area contributed by atoms with E-state index in [1.807, 2.05) is 27.7 Å². The van der Waals surface area contributed by atoms with Gasteiger partial charge in [-0.3, -0.25) is 14.5 Å². The summed E-state index contributed by atoms with van der Waals surface area (Å²) in [4.78, 5) is 32.3. The highest BCUT2D eigenvalue weighted by molar-refractivity contribution is 5.99. The van der Waals surface area contributed by atoms with Crippen LogP contribution in [0.1, 0.15) is 65.0 Å². The summed E-state index contributed by atoms with van der Waals surface area (Å²) in [6.07, 6.45) is 1.99. The molecule has 1 aromatic carbocycles. The number of fused-ring (bicyclic) bond motifs is 1. The van der Waals surface area contributed by atoms with Crippen molar-refractivity contribution in [3.05, 3.63) is 29.6 Å². The lowest BCUT2D eigenvalue weighted by Crippen LogP contribution is -2.55. The minimum Gasteiger partial charge on any atom is -0.484 e. The normalized spacial score (nSPS) is 27.8. The number of halogens is 1. The number of hydrogen-bond donors (Lipinski definition) is 2. The molecule has 1 unspecified atom stereocenters. The molecule has 3 aliphatic rings. The van der Waals surface area contributed by atoms with E-state index in [2.05, 4.69) is 10.3 Å². The zero-order chi connectivity index (χ0) is 24.8. The van der Waals surface area contributed by atoms with Gasteiger partial charge in [0.05, 0.1) is 18.0 Å². The number of benzene rings is 1. The second-order valence-electron chi connectivity index (χ2n) is 10.9. The van der Waals surface area contributed by atoms with E-state index in [4.69, 9.17) is 15.2 Å². The molecule has 1 aliphatic carbocycles. The van der Waals surface area contributed by atoms with E-state index < -0.39 is 17.0 Å². The van der Waals surface area contributed by atoms with Crippen molar-refractivity contribution in [2.45, 2.75) is 76.6 Å². The van der Waals surface area contributed by atoms with Gasteiger partial charge in [-0.05, 0) is 52.5 Å². The number of ether oxygens (including phenoxy) is 2. The SMILES string of the molecule is COCC[C@H]([C@@H]1C[C@H]1C(=O)NC1CC(C)(C)Oc2c(F)cccc21)N1C(=O)CC(C)(C)N=C1N. The Balaban J connectivity index is 1.51. The summed E-state index contributed by atoms with van der Waals surface area (Å²) in [5.41, 5.74) is 5.70. The smallest absolute Gasteiger partial charge is 0.231 e. The first-order chi connectivity index (χ1) is 15.9. The van der Waals surface area contributed by atoms with Gasteiger partial charge in [-0.15, -0.1) is 0 Å². The summed E-state index contributed by atoms with van der Waals surface area (Å²) in [7, 11) is 1.61. The number of carbonyl (C=O) groups excluding carboxylic acids is 2. The van der Waals surface area contributed by atoms with E-state index in [1.54, 1.807) is 24.1 Å². The van der Waals surface area contributed by atoms with Gasteiger partial charge in [-0.25, -0.2) is 9.38 Å². The van der Waals surface area contributed by atoms with Crippen LogP contribution < -0.4 is 15.8 Å². The van der Waals surface area contributed by atoms with Gasteiger partial charge in [0.25, 0.3) is 0 Å². The van der Waals surface area contributed by atoms with Gasteiger partial charge in [-0.2, -0.15) is 0 Å². The molecule has 0 aromatic heterocycles. The number of carbonyl (C=O) groups is 2. The molecule has 2 heterocycles. The molecular formula is C25H35FN4O4. The van der Waals surface area contributed by atoms with Crippen molar-refractivity contribution in [3.63, 3.8) is 0 Å². The average molecular weight is 475 g/mol. The van der Waals surface area contributed by atoms with Crippen LogP contribution in [0.2, 0.25) is 0 Å². The molecule has 3 N–H and O–H groups in total. The molecule has 0 radical (unpaired) electrons. The number of guanidine groups is 1. The molecule has 0 spiro atoms. The Hall–Kier alpha value is -2.68. The Morgan fingerprint density at radius 3 is 2.79 bits per heavy atom. The summed E-state index contributed by atoms with van der Waals surface area (Å²) in [5.74, 6) is -0.543. The zero-order valence-corrected chi connectivity index (χ0v) is 20.6. The largest absolute Gasteiger partial charge is 0.484 e.